The fourth-order valence-electron chi connectivity index (χ4n) is 4.14. The largest absolute Gasteiger partial charge is 0.491 e. The summed E-state index contributed by atoms with van der Waals surface area (Å²) >= 11 is 0. The first-order valence-electron chi connectivity index (χ1n) is 10.4. The molecular formula is C23H27F2N3O5. The number of amides is 1. The minimum absolute atomic E-state index is 0.0640. The number of likely N-dealkylation sites (N-methyl/N-ethyl adjacent to an activating group) is 1. The average molecular weight is 463 g/mol. The van der Waals surface area contributed by atoms with Crippen LogP contribution in [0, 0.1) is 17.0 Å². The van der Waals surface area contributed by atoms with Crippen LogP contribution < -0.4 is 20.8 Å². The van der Waals surface area contributed by atoms with Crippen molar-refractivity contribution in [3.63, 3.8) is 0 Å². The Labute approximate surface area is 189 Å². The van der Waals surface area contributed by atoms with Gasteiger partial charge >= 0.3 is 0 Å². The highest BCUT2D eigenvalue weighted by molar-refractivity contribution is 6.03. The standard InChI is InChI=1S/C23H27F2N3O5/c1-23(7-8-32-3)17(26-2)12-28-11-15(19(29)20(33-4)18(28)21(23)30)22(31)27-10-13-5-6-14(24)9-16(13)25/h5-6,9,11,17,26H,7-8,10,12H2,1-4H3,(H,27,31). The predicted molar refractivity (Wildman–Crippen MR) is 117 cm³/mol. The smallest absolute Gasteiger partial charge is 0.257 e. The highest BCUT2D eigenvalue weighted by atomic mass is 19.1. The van der Waals surface area contributed by atoms with Crippen LogP contribution in [0.25, 0.3) is 0 Å². The summed E-state index contributed by atoms with van der Waals surface area (Å²) in [5, 5.41) is 5.61. The number of carbonyl (C=O) groups excluding carboxylic acids is 2. The molecule has 33 heavy (non-hydrogen) atoms. The zero-order valence-corrected chi connectivity index (χ0v) is 19.0. The Bertz CT molecular complexity index is 1130. The highest BCUT2D eigenvalue weighted by Gasteiger charge is 2.47. The first-order chi connectivity index (χ1) is 15.7. The number of carbonyl (C=O) groups is 2. The number of nitrogens with one attached hydrogen (secondary N) is 2. The third kappa shape index (κ3) is 4.53. The average Bonchev–Trinajstić information content (AvgIpc) is 2.79. The van der Waals surface area contributed by atoms with Crippen molar-refractivity contribution in [3.8, 4) is 5.75 Å². The van der Waals surface area contributed by atoms with E-state index in [-0.39, 0.29) is 40.9 Å². The van der Waals surface area contributed by atoms with E-state index < -0.39 is 28.4 Å². The van der Waals surface area contributed by atoms with E-state index in [1.165, 1.54) is 23.9 Å². The lowest BCUT2D eigenvalue weighted by atomic mass is 9.72. The minimum atomic E-state index is -0.853. The van der Waals surface area contributed by atoms with Crippen LogP contribution in [0.1, 0.15) is 39.8 Å². The highest BCUT2D eigenvalue weighted by Crippen LogP contribution is 2.38. The number of ether oxygens (including phenoxy) is 2. The van der Waals surface area contributed by atoms with Crippen LogP contribution in [-0.4, -0.2) is 50.2 Å². The SMILES string of the molecule is CNC1Cn2cc(C(=O)NCc3ccc(F)cc3F)c(=O)c(OC)c2C(=O)C1(C)CCOC. The Morgan fingerprint density at radius 1 is 1.27 bits per heavy atom. The zero-order chi connectivity index (χ0) is 24.3. The minimum Gasteiger partial charge on any atom is -0.491 e. The van der Waals surface area contributed by atoms with Gasteiger partial charge in [0.25, 0.3) is 5.91 Å². The number of hydrogen-bond donors (Lipinski definition) is 2. The van der Waals surface area contributed by atoms with Crippen LogP contribution in [0.4, 0.5) is 8.78 Å². The molecule has 1 aromatic carbocycles. The molecule has 178 valence electrons. The van der Waals surface area contributed by atoms with Crippen molar-refractivity contribution in [2.75, 3.05) is 27.9 Å². The van der Waals surface area contributed by atoms with Crippen LogP contribution in [-0.2, 0) is 17.8 Å². The number of hydrogen-bond acceptors (Lipinski definition) is 6. The molecule has 0 aliphatic carbocycles. The van der Waals surface area contributed by atoms with E-state index >= 15 is 0 Å². The van der Waals surface area contributed by atoms with Gasteiger partial charge < -0.3 is 24.7 Å². The van der Waals surface area contributed by atoms with E-state index in [1.807, 2.05) is 0 Å². The third-order valence-corrected chi connectivity index (χ3v) is 6.20. The molecule has 2 unspecified atom stereocenters. The molecule has 2 N–H and O–H groups in total. The Morgan fingerprint density at radius 3 is 2.61 bits per heavy atom. The molecule has 0 spiro atoms. The molecule has 2 heterocycles. The molecule has 3 rings (SSSR count). The van der Waals surface area contributed by atoms with Crippen LogP contribution >= 0.6 is 0 Å². The molecule has 2 aromatic rings. The van der Waals surface area contributed by atoms with Gasteiger partial charge in [-0.05, 0) is 19.5 Å². The molecule has 8 nitrogen and oxygen atoms in total. The number of fused-ring (bicyclic) bond motifs is 1. The topological polar surface area (TPSA) is 98.7 Å². The van der Waals surface area contributed by atoms with E-state index in [2.05, 4.69) is 10.6 Å². The number of halogens is 2. The molecule has 0 saturated heterocycles. The number of Topliss-reactive ketones (excluding diaryl/α,β-unsaturated/α-hetero) is 1. The molecule has 0 radical (unpaired) electrons. The van der Waals surface area contributed by atoms with E-state index in [9.17, 15) is 23.2 Å². The summed E-state index contributed by atoms with van der Waals surface area (Å²) in [6.07, 6.45) is 1.74. The second-order valence-corrected chi connectivity index (χ2v) is 8.16. The van der Waals surface area contributed by atoms with E-state index in [0.29, 0.717) is 25.6 Å². The van der Waals surface area contributed by atoms with E-state index in [0.717, 1.165) is 6.07 Å². The monoisotopic (exact) mass is 463 g/mol. The normalized spacial score (nSPS) is 19.8. The maximum Gasteiger partial charge on any atom is 0.257 e. The third-order valence-electron chi connectivity index (χ3n) is 6.20. The van der Waals surface area contributed by atoms with Crippen LogP contribution in [0.15, 0.2) is 29.2 Å². The molecule has 0 saturated carbocycles. The van der Waals surface area contributed by atoms with Gasteiger partial charge in [0.2, 0.25) is 5.43 Å². The van der Waals surface area contributed by atoms with Gasteiger partial charge in [0.05, 0.1) is 12.5 Å². The lowest BCUT2D eigenvalue weighted by Gasteiger charge is -2.41. The van der Waals surface area contributed by atoms with Crippen LogP contribution in [0.2, 0.25) is 0 Å². The van der Waals surface area contributed by atoms with Crippen molar-refractivity contribution in [2.45, 2.75) is 32.5 Å². The van der Waals surface area contributed by atoms with Gasteiger partial charge in [0.15, 0.2) is 11.5 Å². The second kappa shape index (κ2) is 9.80. The van der Waals surface area contributed by atoms with Gasteiger partial charge in [-0.25, -0.2) is 8.78 Å². The van der Waals surface area contributed by atoms with Gasteiger partial charge in [0.1, 0.15) is 22.9 Å². The van der Waals surface area contributed by atoms with E-state index in [1.54, 1.807) is 21.1 Å². The molecule has 0 fully saturated rings. The van der Waals surface area contributed by atoms with Crippen molar-refractivity contribution in [3.05, 3.63) is 63.1 Å². The van der Waals surface area contributed by atoms with Gasteiger partial charge in [0, 0.05) is 50.7 Å². The Hall–Kier alpha value is -3.11. The predicted octanol–water partition coefficient (Wildman–Crippen LogP) is 1.89. The molecule has 2 atom stereocenters. The van der Waals surface area contributed by atoms with Crippen molar-refractivity contribution in [2.24, 2.45) is 5.41 Å². The molecule has 0 bridgehead atoms. The fraction of sp³-hybridized carbons (Fsp3) is 0.435. The van der Waals surface area contributed by atoms with Crippen LogP contribution in [0.3, 0.4) is 0 Å². The summed E-state index contributed by atoms with van der Waals surface area (Å²) in [4.78, 5) is 39.3. The molecule has 1 aliphatic rings. The maximum atomic E-state index is 13.9. The number of methoxy groups -OCH3 is 2. The number of pyridine rings is 1. The molecular weight excluding hydrogens is 436 g/mol. The first-order valence-corrected chi connectivity index (χ1v) is 10.4. The summed E-state index contributed by atoms with van der Waals surface area (Å²) in [6.45, 7) is 2.22. The molecule has 10 heteroatoms. The van der Waals surface area contributed by atoms with Crippen molar-refractivity contribution in [1.82, 2.24) is 15.2 Å². The lowest BCUT2D eigenvalue weighted by molar-refractivity contribution is 0.0555. The number of aromatic nitrogens is 1. The fourth-order valence-corrected chi connectivity index (χ4v) is 4.14. The summed E-state index contributed by atoms with van der Waals surface area (Å²) < 4.78 is 39.0. The molecule has 1 amide bonds. The first kappa shape index (κ1) is 24.5. The van der Waals surface area contributed by atoms with Crippen molar-refractivity contribution in [1.29, 1.82) is 0 Å². The Morgan fingerprint density at radius 2 is 2.00 bits per heavy atom. The summed E-state index contributed by atoms with van der Waals surface area (Å²) in [5.41, 5.74) is -1.69. The number of nitrogens with zero attached hydrogens (tertiary/aromatic N) is 1. The number of ketones is 1. The summed E-state index contributed by atoms with van der Waals surface area (Å²) in [7, 11) is 4.54. The number of benzene rings is 1. The van der Waals surface area contributed by atoms with Crippen LogP contribution in [0.5, 0.6) is 5.75 Å². The van der Waals surface area contributed by atoms with E-state index in [4.69, 9.17) is 9.47 Å². The second-order valence-electron chi connectivity index (χ2n) is 8.16. The maximum absolute atomic E-state index is 13.9. The van der Waals surface area contributed by atoms with Gasteiger partial charge in [-0.2, -0.15) is 0 Å². The van der Waals surface area contributed by atoms with Crippen molar-refractivity contribution >= 4 is 11.7 Å². The quantitative estimate of drug-likeness (QED) is 0.621. The van der Waals surface area contributed by atoms with Gasteiger partial charge in [-0.3, -0.25) is 14.4 Å². The Kier molecular flexibility index (Phi) is 7.28. The number of rotatable bonds is 8. The molecule has 1 aromatic heterocycles. The molecule has 1 aliphatic heterocycles. The lowest BCUT2D eigenvalue weighted by Crippen LogP contribution is -2.55. The van der Waals surface area contributed by atoms with Gasteiger partial charge in [-0.1, -0.05) is 13.0 Å². The van der Waals surface area contributed by atoms with Crippen molar-refractivity contribution < 1.29 is 27.8 Å². The summed E-state index contributed by atoms with van der Waals surface area (Å²) in [5.74, 6) is -2.83. The Balaban J connectivity index is 1.98. The summed E-state index contributed by atoms with van der Waals surface area (Å²) in [6, 6.07) is 2.71. The van der Waals surface area contributed by atoms with Gasteiger partial charge in [-0.15, -0.1) is 0 Å². The zero-order valence-electron chi connectivity index (χ0n) is 19.0.